The summed E-state index contributed by atoms with van der Waals surface area (Å²) in [5.41, 5.74) is 3.05. The van der Waals surface area contributed by atoms with Crippen LogP contribution >= 0.6 is 0 Å². The van der Waals surface area contributed by atoms with E-state index in [1.165, 1.54) is 19.1 Å². The highest BCUT2D eigenvalue weighted by Crippen LogP contribution is 2.30. The molecule has 9 nitrogen and oxygen atoms in total. The summed E-state index contributed by atoms with van der Waals surface area (Å²) in [7, 11) is 0. The van der Waals surface area contributed by atoms with Gasteiger partial charge >= 0.3 is 0 Å². The van der Waals surface area contributed by atoms with Crippen molar-refractivity contribution in [1.29, 1.82) is 0 Å². The zero-order valence-corrected chi connectivity index (χ0v) is 14.4. The highest BCUT2D eigenvalue weighted by molar-refractivity contribution is 6.02. The minimum absolute atomic E-state index is 0.153. The number of fused-ring (bicyclic) bond motifs is 1. The maximum atomic E-state index is 11.4. The van der Waals surface area contributed by atoms with Gasteiger partial charge < -0.3 is 15.6 Å². The molecule has 0 radical (unpaired) electrons. The van der Waals surface area contributed by atoms with Crippen LogP contribution in [0.3, 0.4) is 0 Å². The summed E-state index contributed by atoms with van der Waals surface area (Å²) in [6.07, 6.45) is 0. The van der Waals surface area contributed by atoms with Gasteiger partial charge in [0.15, 0.2) is 0 Å². The second-order valence-corrected chi connectivity index (χ2v) is 6.14. The topological polar surface area (TPSA) is 125 Å². The molecule has 0 unspecified atom stereocenters. The molecule has 9 heteroatoms. The molecular formula is C18H16N6O3. The average Bonchev–Trinajstić information content (AvgIpc) is 3.30. The van der Waals surface area contributed by atoms with Gasteiger partial charge in [0.1, 0.15) is 17.3 Å². The number of amides is 1. The molecule has 1 aliphatic rings. The third kappa shape index (κ3) is 3.22. The van der Waals surface area contributed by atoms with Crippen molar-refractivity contribution in [2.24, 2.45) is 4.99 Å². The maximum absolute atomic E-state index is 11.4. The minimum atomic E-state index is -0.528. The Hall–Kier alpha value is -3.75. The fraction of sp³-hybridized carbons (Fsp3) is 0.167. The van der Waals surface area contributed by atoms with Crippen molar-refractivity contribution in [2.75, 3.05) is 18.4 Å². The number of nitro groups is 1. The lowest BCUT2D eigenvalue weighted by Gasteiger charge is -2.05. The molecule has 4 rings (SSSR count). The summed E-state index contributed by atoms with van der Waals surface area (Å²) in [6.45, 7) is 2.88. The summed E-state index contributed by atoms with van der Waals surface area (Å²) in [4.78, 5) is 34.2. The number of hydrogen-bond acceptors (Lipinski definition) is 6. The number of aromatic amines is 1. The summed E-state index contributed by atoms with van der Waals surface area (Å²) in [5, 5.41) is 17.0. The van der Waals surface area contributed by atoms with E-state index in [0.717, 1.165) is 35.5 Å². The number of carbonyl (C=O) groups excluding carboxylic acids is 1. The number of imidazole rings is 1. The lowest BCUT2D eigenvalue weighted by atomic mass is 10.1. The Morgan fingerprint density at radius 1 is 1.22 bits per heavy atom. The second kappa shape index (κ2) is 6.52. The molecule has 2 aromatic carbocycles. The molecule has 1 amide bonds. The third-order valence-corrected chi connectivity index (χ3v) is 4.21. The first-order valence-electron chi connectivity index (χ1n) is 8.36. The Bertz CT molecular complexity index is 1100. The number of benzene rings is 2. The zero-order valence-electron chi connectivity index (χ0n) is 14.4. The number of aliphatic imine (C=N–C) groups is 1. The first kappa shape index (κ1) is 16.7. The molecule has 0 spiro atoms. The number of hydrogen-bond donors (Lipinski definition) is 3. The van der Waals surface area contributed by atoms with Crippen molar-refractivity contribution in [3.8, 4) is 11.4 Å². The van der Waals surface area contributed by atoms with E-state index < -0.39 is 4.92 Å². The van der Waals surface area contributed by atoms with Gasteiger partial charge in [-0.3, -0.25) is 19.9 Å². The number of nitrogens with zero attached hydrogens (tertiary/aromatic N) is 3. The van der Waals surface area contributed by atoms with Gasteiger partial charge in [-0.2, -0.15) is 0 Å². The van der Waals surface area contributed by atoms with E-state index in [1.54, 1.807) is 6.07 Å². The van der Waals surface area contributed by atoms with Crippen molar-refractivity contribution < 1.29 is 9.72 Å². The molecule has 1 aromatic heterocycles. The van der Waals surface area contributed by atoms with Crippen LogP contribution < -0.4 is 10.6 Å². The number of H-pyrrole nitrogens is 1. The molecule has 27 heavy (non-hydrogen) atoms. The number of rotatable bonds is 4. The maximum Gasteiger partial charge on any atom is 0.293 e. The number of amidine groups is 1. The monoisotopic (exact) mass is 364 g/mol. The van der Waals surface area contributed by atoms with Crippen molar-refractivity contribution in [3.05, 3.63) is 52.1 Å². The lowest BCUT2D eigenvalue weighted by Crippen LogP contribution is -2.19. The second-order valence-electron chi connectivity index (χ2n) is 6.14. The summed E-state index contributed by atoms with van der Waals surface area (Å²) in [5.74, 6) is 0.995. The molecule has 0 atom stereocenters. The van der Waals surface area contributed by atoms with Gasteiger partial charge in [0, 0.05) is 30.7 Å². The molecule has 0 fully saturated rings. The fourth-order valence-corrected chi connectivity index (χ4v) is 3.01. The fourth-order valence-electron chi connectivity index (χ4n) is 3.01. The van der Waals surface area contributed by atoms with Crippen molar-refractivity contribution in [3.63, 3.8) is 0 Å². The largest absolute Gasteiger partial charge is 0.368 e. The quantitative estimate of drug-likeness (QED) is 0.484. The van der Waals surface area contributed by atoms with Gasteiger partial charge in [0.25, 0.3) is 5.69 Å². The Kier molecular flexibility index (Phi) is 4.03. The normalized spacial score (nSPS) is 13.3. The number of nitrogens with one attached hydrogen (secondary N) is 3. The van der Waals surface area contributed by atoms with Crippen molar-refractivity contribution in [1.82, 2.24) is 15.3 Å². The summed E-state index contributed by atoms with van der Waals surface area (Å²) >= 11 is 0. The number of anilines is 1. The smallest absolute Gasteiger partial charge is 0.293 e. The minimum Gasteiger partial charge on any atom is -0.368 e. The first-order chi connectivity index (χ1) is 13.0. The predicted octanol–water partition coefficient (Wildman–Crippen LogP) is 2.45. The van der Waals surface area contributed by atoms with Crippen LogP contribution in [0.1, 0.15) is 12.5 Å². The van der Waals surface area contributed by atoms with Gasteiger partial charge in [-0.15, -0.1) is 0 Å². The SMILES string of the molecule is CC(=O)Nc1ccc(-c2nc3ccc(C4=NCCN4)cc3[nH]2)cc1[N+](=O)[O-]. The summed E-state index contributed by atoms with van der Waals surface area (Å²) < 4.78 is 0. The van der Waals surface area contributed by atoms with Crippen molar-refractivity contribution >= 4 is 34.2 Å². The van der Waals surface area contributed by atoms with E-state index in [4.69, 9.17) is 0 Å². The van der Waals surface area contributed by atoms with Gasteiger partial charge in [-0.1, -0.05) is 0 Å². The van der Waals surface area contributed by atoms with Gasteiger partial charge in [0.2, 0.25) is 5.91 Å². The van der Waals surface area contributed by atoms with Crippen LogP contribution in [-0.4, -0.2) is 39.7 Å². The van der Waals surface area contributed by atoms with E-state index in [0.29, 0.717) is 11.4 Å². The van der Waals surface area contributed by atoms with Gasteiger partial charge in [-0.25, -0.2) is 4.98 Å². The third-order valence-electron chi connectivity index (χ3n) is 4.21. The van der Waals surface area contributed by atoms with Crippen LogP contribution in [0.15, 0.2) is 41.4 Å². The van der Waals surface area contributed by atoms with Crippen LogP contribution in [0, 0.1) is 10.1 Å². The van der Waals surface area contributed by atoms with Gasteiger partial charge in [0.05, 0.1) is 22.5 Å². The number of nitro benzene ring substituents is 1. The Morgan fingerprint density at radius 3 is 2.74 bits per heavy atom. The average molecular weight is 364 g/mol. The van der Waals surface area contributed by atoms with Crippen LogP contribution in [-0.2, 0) is 4.79 Å². The Balaban J connectivity index is 1.74. The van der Waals surface area contributed by atoms with Crippen molar-refractivity contribution in [2.45, 2.75) is 6.92 Å². The summed E-state index contributed by atoms with van der Waals surface area (Å²) in [6, 6.07) is 10.3. The van der Waals surface area contributed by atoms with Crippen LogP contribution in [0.25, 0.3) is 22.4 Å². The van der Waals surface area contributed by atoms with E-state index in [2.05, 4.69) is 25.6 Å². The molecule has 3 aromatic rings. The molecule has 0 bridgehead atoms. The van der Waals surface area contributed by atoms with E-state index >= 15 is 0 Å². The predicted molar refractivity (Wildman–Crippen MR) is 102 cm³/mol. The van der Waals surface area contributed by atoms with E-state index in [1.807, 2.05) is 18.2 Å². The van der Waals surface area contributed by atoms with E-state index in [-0.39, 0.29) is 17.3 Å². The Labute approximate surface area is 153 Å². The van der Waals surface area contributed by atoms with Gasteiger partial charge in [-0.05, 0) is 30.3 Å². The van der Waals surface area contributed by atoms with Crippen LogP contribution in [0.5, 0.6) is 0 Å². The molecular weight excluding hydrogens is 348 g/mol. The molecule has 0 aliphatic carbocycles. The Morgan fingerprint density at radius 2 is 2.04 bits per heavy atom. The van der Waals surface area contributed by atoms with Crippen LogP contribution in [0.2, 0.25) is 0 Å². The van der Waals surface area contributed by atoms with E-state index in [9.17, 15) is 14.9 Å². The van der Waals surface area contributed by atoms with Crippen LogP contribution in [0.4, 0.5) is 11.4 Å². The molecule has 136 valence electrons. The first-order valence-corrected chi connectivity index (χ1v) is 8.36. The number of aromatic nitrogens is 2. The molecule has 3 N–H and O–H groups in total. The molecule has 0 saturated heterocycles. The zero-order chi connectivity index (χ0) is 19.0. The molecule has 0 saturated carbocycles. The number of carbonyl (C=O) groups is 1. The molecule has 2 heterocycles. The standard InChI is InChI=1S/C18H16N6O3/c1-10(25)21-14-5-3-12(9-16(14)24(26)27)18-22-13-4-2-11(8-15(13)23-18)17-19-6-7-20-17/h2-5,8-9H,6-7H2,1H3,(H,19,20)(H,21,25)(H,22,23). The highest BCUT2D eigenvalue weighted by Gasteiger charge is 2.18. The highest BCUT2D eigenvalue weighted by atomic mass is 16.6. The lowest BCUT2D eigenvalue weighted by molar-refractivity contribution is -0.383. The molecule has 1 aliphatic heterocycles.